The molecule has 0 aliphatic heterocycles. The van der Waals surface area contributed by atoms with Crippen LogP contribution in [0.15, 0.2) is 53.1 Å². The molecule has 0 radical (unpaired) electrons. The molecule has 0 bridgehead atoms. The monoisotopic (exact) mass is 364 g/mol. The van der Waals surface area contributed by atoms with Gasteiger partial charge in [0, 0.05) is 11.3 Å². The zero-order valence-corrected chi connectivity index (χ0v) is 16.1. The molecule has 1 heterocycles. The van der Waals surface area contributed by atoms with Crippen molar-refractivity contribution >= 4 is 11.6 Å². The fourth-order valence-corrected chi connectivity index (χ4v) is 2.72. The van der Waals surface area contributed by atoms with Gasteiger partial charge in [-0.2, -0.15) is 0 Å². The lowest BCUT2D eigenvalue weighted by molar-refractivity contribution is 0.102. The maximum Gasteiger partial charge on any atom is 0.255 e. The molecule has 1 aromatic heterocycles. The summed E-state index contributed by atoms with van der Waals surface area (Å²) in [6.07, 6.45) is 0. The minimum atomic E-state index is -0.149. The zero-order valence-electron chi connectivity index (χ0n) is 16.1. The van der Waals surface area contributed by atoms with Gasteiger partial charge in [0.25, 0.3) is 5.91 Å². The van der Waals surface area contributed by atoms with Crippen LogP contribution in [0.4, 0.5) is 5.69 Å². The molecular weight excluding hydrogens is 340 g/mol. The number of nitrogens with zero attached hydrogens (tertiary/aromatic N) is 1. The standard InChI is InChI=1S/C22H24N2O3/c1-14(2)17-5-9-19(10-6-17)23-22(25)18-7-11-20(12-8-18)26-13-21-15(3)24-27-16(21)4/h5-12,14H,13H2,1-4H3,(H,23,25). The van der Waals surface area contributed by atoms with Crippen molar-refractivity contribution in [3.63, 3.8) is 0 Å². The minimum absolute atomic E-state index is 0.149. The Morgan fingerprint density at radius 2 is 1.74 bits per heavy atom. The van der Waals surface area contributed by atoms with E-state index in [1.165, 1.54) is 5.56 Å². The van der Waals surface area contributed by atoms with Crippen molar-refractivity contribution in [3.05, 3.63) is 76.7 Å². The van der Waals surface area contributed by atoms with Crippen molar-refractivity contribution < 1.29 is 14.1 Å². The van der Waals surface area contributed by atoms with Crippen LogP contribution in [0.3, 0.4) is 0 Å². The molecule has 0 aliphatic rings. The van der Waals surface area contributed by atoms with Crippen LogP contribution in [0.25, 0.3) is 0 Å². The summed E-state index contributed by atoms with van der Waals surface area (Å²) in [7, 11) is 0. The summed E-state index contributed by atoms with van der Waals surface area (Å²) in [6, 6.07) is 15.0. The van der Waals surface area contributed by atoms with Gasteiger partial charge in [0.15, 0.2) is 0 Å². The Kier molecular flexibility index (Phi) is 5.60. The highest BCUT2D eigenvalue weighted by Crippen LogP contribution is 2.20. The quantitative estimate of drug-likeness (QED) is 0.649. The van der Waals surface area contributed by atoms with E-state index in [0.717, 1.165) is 22.7 Å². The second-order valence-electron chi connectivity index (χ2n) is 6.85. The topological polar surface area (TPSA) is 64.4 Å². The van der Waals surface area contributed by atoms with E-state index in [2.05, 4.69) is 24.3 Å². The number of ether oxygens (including phenoxy) is 1. The molecular formula is C22H24N2O3. The first-order valence-corrected chi connectivity index (χ1v) is 9.00. The van der Waals surface area contributed by atoms with Crippen LogP contribution in [0.5, 0.6) is 5.75 Å². The van der Waals surface area contributed by atoms with Crippen LogP contribution >= 0.6 is 0 Å². The highest BCUT2D eigenvalue weighted by atomic mass is 16.5. The molecule has 5 heteroatoms. The first-order valence-electron chi connectivity index (χ1n) is 9.00. The van der Waals surface area contributed by atoms with Gasteiger partial charge in [-0.25, -0.2) is 0 Å². The fourth-order valence-electron chi connectivity index (χ4n) is 2.72. The van der Waals surface area contributed by atoms with E-state index < -0.39 is 0 Å². The molecule has 140 valence electrons. The Labute approximate surface area is 159 Å². The molecule has 0 saturated carbocycles. The van der Waals surface area contributed by atoms with Crippen LogP contribution in [-0.2, 0) is 6.61 Å². The van der Waals surface area contributed by atoms with Crippen LogP contribution in [0.2, 0.25) is 0 Å². The number of rotatable bonds is 6. The predicted octanol–water partition coefficient (Wildman–Crippen LogP) is 5.25. The average molecular weight is 364 g/mol. The number of anilines is 1. The lowest BCUT2D eigenvalue weighted by Gasteiger charge is -2.09. The third-order valence-corrected chi connectivity index (χ3v) is 4.52. The zero-order chi connectivity index (χ0) is 19.4. The molecule has 0 aliphatic carbocycles. The summed E-state index contributed by atoms with van der Waals surface area (Å²) < 4.78 is 10.9. The number of carbonyl (C=O) groups is 1. The van der Waals surface area contributed by atoms with Gasteiger partial charge >= 0.3 is 0 Å². The second-order valence-corrected chi connectivity index (χ2v) is 6.85. The number of amides is 1. The number of carbonyl (C=O) groups excluding carboxylic acids is 1. The molecule has 0 unspecified atom stereocenters. The smallest absolute Gasteiger partial charge is 0.255 e. The van der Waals surface area contributed by atoms with Crippen molar-refractivity contribution in [1.82, 2.24) is 5.16 Å². The second kappa shape index (κ2) is 8.08. The largest absolute Gasteiger partial charge is 0.489 e. The highest BCUT2D eigenvalue weighted by molar-refractivity contribution is 6.04. The molecule has 3 aromatic rings. The Morgan fingerprint density at radius 1 is 1.07 bits per heavy atom. The van der Waals surface area contributed by atoms with Gasteiger partial charge in [0.05, 0.1) is 11.3 Å². The van der Waals surface area contributed by atoms with Gasteiger partial charge in [-0.15, -0.1) is 0 Å². The Morgan fingerprint density at radius 3 is 2.30 bits per heavy atom. The Hall–Kier alpha value is -3.08. The summed E-state index contributed by atoms with van der Waals surface area (Å²) in [6.45, 7) is 8.41. The molecule has 27 heavy (non-hydrogen) atoms. The number of aromatic nitrogens is 1. The molecule has 0 saturated heterocycles. The maximum atomic E-state index is 12.4. The predicted molar refractivity (Wildman–Crippen MR) is 105 cm³/mol. The summed E-state index contributed by atoms with van der Waals surface area (Å²) in [4.78, 5) is 12.4. The molecule has 1 amide bonds. The first kappa shape index (κ1) is 18.7. The minimum Gasteiger partial charge on any atom is -0.489 e. The van der Waals surface area contributed by atoms with Crippen molar-refractivity contribution in [1.29, 1.82) is 0 Å². The molecule has 5 nitrogen and oxygen atoms in total. The van der Waals surface area contributed by atoms with Crippen LogP contribution in [0.1, 0.15) is 52.7 Å². The third-order valence-electron chi connectivity index (χ3n) is 4.52. The molecule has 0 spiro atoms. The van der Waals surface area contributed by atoms with Crippen molar-refractivity contribution in [2.75, 3.05) is 5.32 Å². The van der Waals surface area contributed by atoms with Gasteiger partial charge in [-0.3, -0.25) is 4.79 Å². The first-order chi connectivity index (χ1) is 12.9. The van der Waals surface area contributed by atoms with Crippen LogP contribution in [0, 0.1) is 13.8 Å². The number of nitrogens with one attached hydrogen (secondary N) is 1. The van der Waals surface area contributed by atoms with Gasteiger partial charge in [0.1, 0.15) is 18.1 Å². The van der Waals surface area contributed by atoms with Gasteiger partial charge in [0.2, 0.25) is 0 Å². The average Bonchev–Trinajstić information content (AvgIpc) is 2.98. The van der Waals surface area contributed by atoms with E-state index in [9.17, 15) is 4.79 Å². The number of aryl methyl sites for hydroxylation is 2. The Bertz CT molecular complexity index is 890. The fraction of sp³-hybridized carbons (Fsp3) is 0.273. The van der Waals surface area contributed by atoms with E-state index in [0.29, 0.717) is 23.8 Å². The van der Waals surface area contributed by atoms with Crippen molar-refractivity contribution in [3.8, 4) is 5.75 Å². The van der Waals surface area contributed by atoms with E-state index in [4.69, 9.17) is 9.26 Å². The normalized spacial score (nSPS) is 10.9. The van der Waals surface area contributed by atoms with Crippen LogP contribution in [-0.4, -0.2) is 11.1 Å². The molecule has 3 rings (SSSR count). The maximum absolute atomic E-state index is 12.4. The van der Waals surface area contributed by atoms with Gasteiger partial charge in [-0.05, 0) is 61.7 Å². The van der Waals surface area contributed by atoms with Crippen LogP contribution < -0.4 is 10.1 Å². The van der Waals surface area contributed by atoms with E-state index in [1.54, 1.807) is 24.3 Å². The van der Waals surface area contributed by atoms with E-state index in [1.807, 2.05) is 38.1 Å². The lowest BCUT2D eigenvalue weighted by atomic mass is 10.0. The highest BCUT2D eigenvalue weighted by Gasteiger charge is 2.10. The SMILES string of the molecule is Cc1noc(C)c1COc1ccc(C(=O)Nc2ccc(C(C)C)cc2)cc1. The van der Waals surface area contributed by atoms with Crippen molar-refractivity contribution in [2.45, 2.75) is 40.2 Å². The molecule has 2 aromatic carbocycles. The molecule has 0 atom stereocenters. The number of benzene rings is 2. The molecule has 1 N–H and O–H groups in total. The van der Waals surface area contributed by atoms with Crippen molar-refractivity contribution in [2.24, 2.45) is 0 Å². The summed E-state index contributed by atoms with van der Waals surface area (Å²) in [5.41, 5.74) is 4.37. The number of hydrogen-bond acceptors (Lipinski definition) is 4. The Balaban J connectivity index is 1.60. The van der Waals surface area contributed by atoms with E-state index in [-0.39, 0.29) is 5.91 Å². The molecule has 0 fully saturated rings. The van der Waals surface area contributed by atoms with Gasteiger partial charge < -0.3 is 14.6 Å². The third kappa shape index (κ3) is 4.56. The lowest BCUT2D eigenvalue weighted by Crippen LogP contribution is -2.11. The summed E-state index contributed by atoms with van der Waals surface area (Å²) in [5, 5.41) is 6.83. The number of hydrogen-bond donors (Lipinski definition) is 1. The van der Waals surface area contributed by atoms with Gasteiger partial charge in [-0.1, -0.05) is 31.1 Å². The van der Waals surface area contributed by atoms with E-state index >= 15 is 0 Å². The summed E-state index contributed by atoms with van der Waals surface area (Å²) in [5.74, 6) is 1.76. The summed E-state index contributed by atoms with van der Waals surface area (Å²) >= 11 is 0.